The molecule has 142 valence electrons. The van der Waals surface area contributed by atoms with Gasteiger partial charge in [-0.05, 0) is 55.0 Å². The van der Waals surface area contributed by atoms with Gasteiger partial charge in [0.05, 0.1) is 6.26 Å². The Morgan fingerprint density at radius 2 is 2.07 bits per heavy atom. The number of fused-ring (bicyclic) bond motifs is 1. The summed E-state index contributed by atoms with van der Waals surface area (Å²) in [4.78, 5) is 31.0. The number of furan rings is 1. The zero-order valence-corrected chi connectivity index (χ0v) is 15.3. The van der Waals surface area contributed by atoms with Crippen molar-refractivity contribution in [2.24, 2.45) is 0 Å². The summed E-state index contributed by atoms with van der Waals surface area (Å²) in [6.07, 6.45) is 4.69. The Hall–Kier alpha value is -3.42. The standard InChI is InChI=1S/C20H18N4O4/c1-20(14-8-7-12-4-2-5-13(12)10-14)18(25)24(19(26)22-20)11-16-21-17(23-28-16)15-6-3-9-27-15/h3,6-10H,2,4-5,11H2,1H3,(H,22,26). The van der Waals surface area contributed by atoms with Gasteiger partial charge in [-0.25, -0.2) is 4.79 Å². The van der Waals surface area contributed by atoms with Crippen LogP contribution in [0.3, 0.4) is 0 Å². The molecule has 1 aromatic carbocycles. The highest BCUT2D eigenvalue weighted by molar-refractivity contribution is 6.07. The molecule has 5 rings (SSSR count). The van der Waals surface area contributed by atoms with E-state index in [1.807, 2.05) is 12.1 Å². The highest BCUT2D eigenvalue weighted by Gasteiger charge is 2.49. The van der Waals surface area contributed by atoms with Gasteiger partial charge in [0.2, 0.25) is 11.7 Å². The number of nitrogens with zero attached hydrogens (tertiary/aromatic N) is 3. The Kier molecular flexibility index (Phi) is 3.61. The van der Waals surface area contributed by atoms with Gasteiger partial charge in [-0.15, -0.1) is 0 Å². The molecule has 0 bridgehead atoms. The first kappa shape index (κ1) is 16.7. The van der Waals surface area contributed by atoms with Crippen molar-refractivity contribution in [3.8, 4) is 11.6 Å². The molecule has 1 saturated heterocycles. The number of hydrogen-bond acceptors (Lipinski definition) is 6. The van der Waals surface area contributed by atoms with Crippen LogP contribution in [0.5, 0.6) is 0 Å². The van der Waals surface area contributed by atoms with Crippen molar-refractivity contribution in [2.45, 2.75) is 38.3 Å². The largest absolute Gasteiger partial charge is 0.461 e. The maximum Gasteiger partial charge on any atom is 0.325 e. The fourth-order valence-electron chi connectivity index (χ4n) is 3.88. The molecule has 1 aliphatic carbocycles. The number of imide groups is 1. The molecular weight excluding hydrogens is 360 g/mol. The SMILES string of the molecule is CC1(c2ccc3c(c2)CCC3)NC(=O)N(Cc2nc(-c3ccco3)no2)C1=O. The van der Waals surface area contributed by atoms with E-state index in [2.05, 4.69) is 21.5 Å². The lowest BCUT2D eigenvalue weighted by atomic mass is 9.90. The van der Waals surface area contributed by atoms with Crippen molar-refractivity contribution in [1.29, 1.82) is 0 Å². The van der Waals surface area contributed by atoms with Crippen LogP contribution in [0.25, 0.3) is 11.6 Å². The van der Waals surface area contributed by atoms with Crippen LogP contribution in [-0.2, 0) is 29.7 Å². The molecular formula is C20H18N4O4. The molecule has 0 radical (unpaired) electrons. The van der Waals surface area contributed by atoms with Crippen LogP contribution < -0.4 is 5.32 Å². The lowest BCUT2D eigenvalue weighted by molar-refractivity contribution is -0.131. The van der Waals surface area contributed by atoms with Gasteiger partial charge in [0.25, 0.3) is 5.91 Å². The molecule has 2 aliphatic rings. The third-order valence-electron chi connectivity index (χ3n) is 5.45. The first-order valence-corrected chi connectivity index (χ1v) is 9.17. The van der Waals surface area contributed by atoms with Gasteiger partial charge in [-0.1, -0.05) is 23.4 Å². The molecule has 0 spiro atoms. The Morgan fingerprint density at radius 3 is 2.89 bits per heavy atom. The third kappa shape index (κ3) is 2.52. The van der Waals surface area contributed by atoms with E-state index in [1.165, 1.54) is 17.4 Å². The second-order valence-corrected chi connectivity index (χ2v) is 7.27. The molecule has 28 heavy (non-hydrogen) atoms. The number of rotatable bonds is 4. The quantitative estimate of drug-likeness (QED) is 0.701. The number of carbonyl (C=O) groups excluding carboxylic acids is 2. The number of amides is 3. The van der Waals surface area contributed by atoms with Crippen molar-refractivity contribution in [1.82, 2.24) is 20.4 Å². The van der Waals surface area contributed by atoms with E-state index in [4.69, 9.17) is 8.94 Å². The predicted octanol–water partition coefficient (Wildman–Crippen LogP) is 2.79. The second kappa shape index (κ2) is 6.05. The summed E-state index contributed by atoms with van der Waals surface area (Å²) in [5.41, 5.74) is 2.24. The minimum absolute atomic E-state index is 0.0983. The van der Waals surface area contributed by atoms with E-state index >= 15 is 0 Å². The van der Waals surface area contributed by atoms with E-state index in [0.717, 1.165) is 29.7 Å². The fraction of sp³-hybridized carbons (Fsp3) is 0.300. The van der Waals surface area contributed by atoms with Crippen molar-refractivity contribution in [3.63, 3.8) is 0 Å². The fourth-order valence-corrected chi connectivity index (χ4v) is 3.88. The molecule has 0 saturated carbocycles. The summed E-state index contributed by atoms with van der Waals surface area (Å²) in [6, 6.07) is 8.95. The average molecular weight is 378 g/mol. The van der Waals surface area contributed by atoms with Crippen molar-refractivity contribution in [2.75, 3.05) is 0 Å². The van der Waals surface area contributed by atoms with Gasteiger partial charge in [-0.2, -0.15) is 4.98 Å². The summed E-state index contributed by atoms with van der Waals surface area (Å²) in [5.74, 6) is 0.546. The van der Waals surface area contributed by atoms with E-state index in [0.29, 0.717) is 5.76 Å². The van der Waals surface area contributed by atoms with Crippen LogP contribution in [0.2, 0.25) is 0 Å². The van der Waals surface area contributed by atoms with Crippen molar-refractivity contribution >= 4 is 11.9 Å². The molecule has 1 unspecified atom stereocenters. The van der Waals surface area contributed by atoms with Crippen LogP contribution in [0.4, 0.5) is 4.79 Å². The molecule has 2 aromatic heterocycles. The number of nitrogens with one attached hydrogen (secondary N) is 1. The topological polar surface area (TPSA) is 101 Å². The first-order valence-electron chi connectivity index (χ1n) is 9.17. The molecule has 8 heteroatoms. The second-order valence-electron chi connectivity index (χ2n) is 7.27. The average Bonchev–Trinajstić information content (AvgIpc) is 3.47. The zero-order chi connectivity index (χ0) is 19.3. The van der Waals surface area contributed by atoms with Gasteiger partial charge in [0, 0.05) is 0 Å². The Labute approximate surface area is 160 Å². The summed E-state index contributed by atoms with van der Waals surface area (Å²) in [7, 11) is 0. The number of aromatic nitrogens is 2. The lowest BCUT2D eigenvalue weighted by Gasteiger charge is -2.22. The van der Waals surface area contributed by atoms with E-state index in [9.17, 15) is 9.59 Å². The zero-order valence-electron chi connectivity index (χ0n) is 15.3. The molecule has 3 aromatic rings. The molecule has 3 heterocycles. The van der Waals surface area contributed by atoms with E-state index in [1.54, 1.807) is 19.1 Å². The van der Waals surface area contributed by atoms with E-state index < -0.39 is 11.6 Å². The lowest BCUT2D eigenvalue weighted by Crippen LogP contribution is -2.41. The first-order chi connectivity index (χ1) is 13.5. The van der Waals surface area contributed by atoms with Crippen LogP contribution in [0.1, 0.15) is 35.9 Å². The van der Waals surface area contributed by atoms with Crippen LogP contribution in [-0.4, -0.2) is 27.0 Å². The van der Waals surface area contributed by atoms with Crippen LogP contribution in [0.15, 0.2) is 45.5 Å². The smallest absolute Gasteiger partial charge is 0.325 e. The summed E-state index contributed by atoms with van der Waals surface area (Å²) in [5, 5.41) is 6.66. The number of hydrogen-bond donors (Lipinski definition) is 1. The molecule has 1 fully saturated rings. The monoisotopic (exact) mass is 378 g/mol. The summed E-state index contributed by atoms with van der Waals surface area (Å²) < 4.78 is 10.4. The molecule has 1 aliphatic heterocycles. The van der Waals surface area contributed by atoms with Gasteiger partial charge in [0.15, 0.2) is 5.76 Å². The predicted molar refractivity (Wildman–Crippen MR) is 96.9 cm³/mol. The van der Waals surface area contributed by atoms with Crippen molar-refractivity contribution < 1.29 is 18.5 Å². The minimum atomic E-state index is -1.11. The Bertz CT molecular complexity index is 1070. The van der Waals surface area contributed by atoms with Gasteiger partial charge >= 0.3 is 6.03 Å². The number of benzene rings is 1. The molecule has 3 amide bonds. The maximum absolute atomic E-state index is 13.1. The van der Waals surface area contributed by atoms with Crippen LogP contribution in [0, 0.1) is 0 Å². The molecule has 8 nitrogen and oxygen atoms in total. The molecule has 1 atom stereocenters. The van der Waals surface area contributed by atoms with Gasteiger partial charge in [-0.3, -0.25) is 9.69 Å². The van der Waals surface area contributed by atoms with Gasteiger partial charge in [0.1, 0.15) is 12.1 Å². The number of aryl methyl sites for hydroxylation is 2. The normalized spacial score (nSPS) is 21.2. The Morgan fingerprint density at radius 1 is 1.21 bits per heavy atom. The van der Waals surface area contributed by atoms with Gasteiger partial charge < -0.3 is 14.3 Å². The maximum atomic E-state index is 13.1. The highest BCUT2D eigenvalue weighted by Crippen LogP contribution is 2.33. The number of carbonyl (C=O) groups is 2. The van der Waals surface area contributed by atoms with E-state index in [-0.39, 0.29) is 24.2 Å². The highest BCUT2D eigenvalue weighted by atomic mass is 16.5. The minimum Gasteiger partial charge on any atom is -0.461 e. The molecule has 1 N–H and O–H groups in total. The Balaban J connectivity index is 1.40. The summed E-state index contributed by atoms with van der Waals surface area (Å²) in [6.45, 7) is 1.63. The summed E-state index contributed by atoms with van der Waals surface area (Å²) >= 11 is 0. The number of urea groups is 1. The van der Waals surface area contributed by atoms with Crippen LogP contribution >= 0.6 is 0 Å². The third-order valence-corrected chi connectivity index (χ3v) is 5.45. The van der Waals surface area contributed by atoms with Crippen molar-refractivity contribution in [3.05, 3.63) is 59.2 Å².